The van der Waals surface area contributed by atoms with Gasteiger partial charge in [-0.05, 0) is 55.3 Å². The van der Waals surface area contributed by atoms with Gasteiger partial charge in [0.25, 0.3) is 5.91 Å². The molecule has 2 aromatic carbocycles. The molecule has 0 aliphatic carbocycles. The second kappa shape index (κ2) is 10.0. The van der Waals surface area contributed by atoms with E-state index in [1.165, 1.54) is 11.3 Å². The molecule has 2 aliphatic rings. The van der Waals surface area contributed by atoms with Crippen LogP contribution in [0.5, 0.6) is 11.5 Å². The summed E-state index contributed by atoms with van der Waals surface area (Å²) in [6, 6.07) is 16.4. The molecule has 1 fully saturated rings. The van der Waals surface area contributed by atoms with Crippen molar-refractivity contribution in [3.8, 4) is 11.5 Å². The molecule has 0 saturated carbocycles. The van der Waals surface area contributed by atoms with Crippen molar-refractivity contribution in [2.24, 2.45) is 0 Å². The van der Waals surface area contributed by atoms with E-state index in [1.807, 2.05) is 62.4 Å². The maximum absolute atomic E-state index is 13.5. The zero-order valence-corrected chi connectivity index (χ0v) is 22.4. The van der Waals surface area contributed by atoms with Gasteiger partial charge in [0.05, 0.1) is 22.4 Å². The molecule has 6 rings (SSSR count). The number of aromatic nitrogens is 1. The average Bonchev–Trinajstić information content (AvgIpc) is 3.55. The van der Waals surface area contributed by atoms with E-state index in [1.54, 1.807) is 22.1 Å². The standard InChI is InChI=1S/C29H27N5O4S/c1-3-23(35)33-14-12-18(16-33)31-27(36)26-25-24-22(11-13-30-28(24)39-26)34(29(37)32-25)21-10-9-20(15-17(21)2)38-19-7-5-4-6-8-19/h4-11,13,15,18H,3,12,14,16H2,1-2H3,(H,31,36)(H,32,37)/t18-/m1/s1. The van der Waals surface area contributed by atoms with Crippen molar-refractivity contribution >= 4 is 56.5 Å². The SMILES string of the molecule is CCC(=O)N1CC[C@@H](NC(=O)c2sc3nccc4c3c2NC(=O)N4c2ccc(Oc3ccccc3)cc2C)C1. The number of ether oxygens (including phenoxy) is 1. The van der Waals surface area contributed by atoms with E-state index in [0.29, 0.717) is 58.5 Å². The molecule has 4 heterocycles. The van der Waals surface area contributed by atoms with Gasteiger partial charge in [0, 0.05) is 31.7 Å². The highest BCUT2D eigenvalue weighted by atomic mass is 32.1. The first kappa shape index (κ1) is 24.9. The Morgan fingerprint density at radius 3 is 2.72 bits per heavy atom. The molecular weight excluding hydrogens is 514 g/mol. The highest BCUT2D eigenvalue weighted by molar-refractivity contribution is 7.21. The minimum Gasteiger partial charge on any atom is -0.457 e. The average molecular weight is 542 g/mol. The number of carbonyl (C=O) groups is 3. The number of hydrogen-bond acceptors (Lipinski definition) is 6. The largest absolute Gasteiger partial charge is 0.457 e. The van der Waals surface area contributed by atoms with Crippen molar-refractivity contribution in [3.63, 3.8) is 0 Å². The summed E-state index contributed by atoms with van der Waals surface area (Å²) in [5.41, 5.74) is 2.69. The number of benzene rings is 2. The van der Waals surface area contributed by atoms with Crippen molar-refractivity contribution in [3.05, 3.63) is 71.2 Å². The van der Waals surface area contributed by atoms with Crippen LogP contribution in [0.1, 0.15) is 35.0 Å². The van der Waals surface area contributed by atoms with Crippen LogP contribution in [0.4, 0.5) is 21.9 Å². The fourth-order valence-corrected chi connectivity index (χ4v) is 6.15. The zero-order valence-electron chi connectivity index (χ0n) is 21.6. The van der Waals surface area contributed by atoms with Gasteiger partial charge in [-0.3, -0.25) is 14.5 Å². The molecule has 4 aromatic rings. The van der Waals surface area contributed by atoms with Gasteiger partial charge < -0.3 is 20.3 Å². The Labute approximate surface area is 229 Å². The predicted octanol–water partition coefficient (Wildman–Crippen LogP) is 5.82. The summed E-state index contributed by atoms with van der Waals surface area (Å²) < 4.78 is 5.96. The lowest BCUT2D eigenvalue weighted by atomic mass is 10.1. The number of aryl methyl sites for hydroxylation is 1. The molecule has 0 bridgehead atoms. The van der Waals surface area contributed by atoms with Crippen molar-refractivity contribution < 1.29 is 19.1 Å². The van der Waals surface area contributed by atoms with Gasteiger partial charge in [0.15, 0.2) is 0 Å². The fraction of sp³-hybridized carbons (Fsp3) is 0.241. The molecule has 4 amide bonds. The summed E-state index contributed by atoms with van der Waals surface area (Å²) in [6.07, 6.45) is 2.80. The van der Waals surface area contributed by atoms with Gasteiger partial charge in [-0.2, -0.15) is 0 Å². The third kappa shape index (κ3) is 4.57. The molecule has 1 saturated heterocycles. The highest BCUT2D eigenvalue weighted by Gasteiger charge is 2.34. The van der Waals surface area contributed by atoms with Gasteiger partial charge in [-0.1, -0.05) is 25.1 Å². The molecule has 2 aromatic heterocycles. The minimum atomic E-state index is -0.358. The maximum Gasteiger partial charge on any atom is 0.331 e. The smallest absolute Gasteiger partial charge is 0.331 e. The number of hydrogen-bond donors (Lipinski definition) is 2. The topological polar surface area (TPSA) is 104 Å². The van der Waals surface area contributed by atoms with E-state index in [0.717, 1.165) is 16.7 Å². The number of anilines is 3. The fourth-order valence-electron chi connectivity index (χ4n) is 5.13. The first-order valence-electron chi connectivity index (χ1n) is 12.9. The second-order valence-electron chi connectivity index (χ2n) is 9.60. The van der Waals surface area contributed by atoms with E-state index in [4.69, 9.17) is 4.74 Å². The normalized spacial score (nSPS) is 16.4. The Bertz CT molecular complexity index is 1600. The Balaban J connectivity index is 1.29. The molecule has 2 aliphatic heterocycles. The van der Waals surface area contributed by atoms with Crippen LogP contribution < -0.4 is 20.3 Å². The molecule has 0 unspecified atom stereocenters. The lowest BCUT2D eigenvalue weighted by Crippen LogP contribution is -2.39. The van der Waals surface area contributed by atoms with Gasteiger partial charge in [0.1, 0.15) is 21.2 Å². The molecular formula is C29H27N5O4S. The summed E-state index contributed by atoms with van der Waals surface area (Å²) in [7, 11) is 0. The van der Waals surface area contributed by atoms with Crippen molar-refractivity contribution in [1.29, 1.82) is 0 Å². The molecule has 1 atom stereocenters. The van der Waals surface area contributed by atoms with Crippen LogP contribution in [0.15, 0.2) is 60.8 Å². The number of carbonyl (C=O) groups excluding carboxylic acids is 3. The van der Waals surface area contributed by atoms with Gasteiger partial charge >= 0.3 is 6.03 Å². The third-order valence-electron chi connectivity index (χ3n) is 7.02. The molecule has 198 valence electrons. The number of amides is 4. The van der Waals surface area contributed by atoms with Crippen molar-refractivity contribution in [2.75, 3.05) is 23.3 Å². The van der Waals surface area contributed by atoms with Crippen LogP contribution in [-0.2, 0) is 4.79 Å². The van der Waals surface area contributed by atoms with Crippen LogP contribution >= 0.6 is 11.3 Å². The lowest BCUT2D eigenvalue weighted by molar-refractivity contribution is -0.129. The number of para-hydroxylation sites is 1. The number of pyridine rings is 1. The van der Waals surface area contributed by atoms with Crippen LogP contribution in [-0.4, -0.2) is 46.9 Å². The summed E-state index contributed by atoms with van der Waals surface area (Å²) in [4.78, 5) is 47.8. The Kier molecular flexibility index (Phi) is 6.40. The first-order chi connectivity index (χ1) is 18.9. The van der Waals surface area contributed by atoms with Crippen molar-refractivity contribution in [1.82, 2.24) is 15.2 Å². The number of thiophene rings is 1. The van der Waals surface area contributed by atoms with Crippen LogP contribution in [0.25, 0.3) is 10.2 Å². The summed E-state index contributed by atoms with van der Waals surface area (Å²) >= 11 is 1.25. The van der Waals surface area contributed by atoms with Crippen LogP contribution in [0.3, 0.4) is 0 Å². The van der Waals surface area contributed by atoms with Gasteiger partial charge in [-0.25, -0.2) is 9.78 Å². The Morgan fingerprint density at radius 2 is 1.95 bits per heavy atom. The minimum absolute atomic E-state index is 0.0832. The number of rotatable bonds is 6. The summed E-state index contributed by atoms with van der Waals surface area (Å²) in [5.74, 6) is 1.20. The molecule has 2 N–H and O–H groups in total. The molecule has 10 heteroatoms. The first-order valence-corrected chi connectivity index (χ1v) is 13.7. The monoisotopic (exact) mass is 541 g/mol. The zero-order chi connectivity index (χ0) is 27.1. The summed E-state index contributed by atoms with van der Waals surface area (Å²) in [6.45, 7) is 4.88. The third-order valence-corrected chi connectivity index (χ3v) is 8.12. The molecule has 0 radical (unpaired) electrons. The van der Waals surface area contributed by atoms with E-state index < -0.39 is 0 Å². The summed E-state index contributed by atoms with van der Waals surface area (Å²) in [5, 5.41) is 6.72. The number of likely N-dealkylation sites (tertiary alicyclic amines) is 1. The van der Waals surface area contributed by atoms with Gasteiger partial charge in [0.2, 0.25) is 5.91 Å². The predicted molar refractivity (Wildman–Crippen MR) is 151 cm³/mol. The number of nitrogens with zero attached hydrogens (tertiary/aromatic N) is 3. The van der Waals surface area contributed by atoms with E-state index in [9.17, 15) is 14.4 Å². The van der Waals surface area contributed by atoms with Gasteiger partial charge in [-0.15, -0.1) is 11.3 Å². The molecule has 0 spiro atoms. The molecule has 9 nitrogen and oxygen atoms in total. The van der Waals surface area contributed by atoms with Crippen LogP contribution in [0, 0.1) is 6.92 Å². The lowest BCUT2D eigenvalue weighted by Gasteiger charge is -2.29. The van der Waals surface area contributed by atoms with Crippen LogP contribution in [0.2, 0.25) is 0 Å². The number of urea groups is 1. The van der Waals surface area contributed by atoms with E-state index >= 15 is 0 Å². The van der Waals surface area contributed by atoms with E-state index in [2.05, 4.69) is 15.6 Å². The Hall–Kier alpha value is -4.44. The quantitative estimate of drug-likeness (QED) is 0.320. The maximum atomic E-state index is 13.5. The highest BCUT2D eigenvalue weighted by Crippen LogP contribution is 2.46. The Morgan fingerprint density at radius 1 is 1.13 bits per heavy atom. The van der Waals surface area contributed by atoms with E-state index in [-0.39, 0.29) is 23.9 Å². The number of nitrogens with one attached hydrogen (secondary N) is 2. The van der Waals surface area contributed by atoms with Crippen molar-refractivity contribution in [2.45, 2.75) is 32.7 Å². The molecule has 39 heavy (non-hydrogen) atoms. The second-order valence-corrected chi connectivity index (χ2v) is 10.6.